The molecule has 2 unspecified atom stereocenters. The van der Waals surface area contributed by atoms with Gasteiger partial charge in [-0.2, -0.15) is 0 Å². The summed E-state index contributed by atoms with van der Waals surface area (Å²) in [5.74, 6) is 0.680. The standard InChI is InChI=1S/C16H20BrNO/c17-15-6-2-5-14(15)10-18-16(19)13-8-7-11-3-1-4-12(11)9-13/h7-9,14-15H,1-6,10H2,(H,18,19). The summed E-state index contributed by atoms with van der Waals surface area (Å²) >= 11 is 3.70. The minimum atomic E-state index is 0.0845. The van der Waals surface area contributed by atoms with Gasteiger partial charge in [0.15, 0.2) is 0 Å². The fraction of sp³-hybridized carbons (Fsp3) is 0.562. The maximum absolute atomic E-state index is 12.2. The van der Waals surface area contributed by atoms with Gasteiger partial charge in [0.1, 0.15) is 0 Å². The van der Waals surface area contributed by atoms with Gasteiger partial charge in [-0.1, -0.05) is 28.4 Å². The van der Waals surface area contributed by atoms with Crippen LogP contribution in [-0.4, -0.2) is 17.3 Å². The number of hydrogen-bond donors (Lipinski definition) is 1. The van der Waals surface area contributed by atoms with Gasteiger partial charge in [-0.15, -0.1) is 0 Å². The molecule has 0 bridgehead atoms. The van der Waals surface area contributed by atoms with Gasteiger partial charge >= 0.3 is 0 Å². The number of benzene rings is 1. The molecule has 3 rings (SSSR count). The molecule has 1 saturated carbocycles. The van der Waals surface area contributed by atoms with Crippen molar-refractivity contribution in [1.29, 1.82) is 0 Å². The van der Waals surface area contributed by atoms with Crippen molar-refractivity contribution in [2.45, 2.75) is 43.4 Å². The van der Waals surface area contributed by atoms with E-state index in [0.29, 0.717) is 10.7 Å². The third-order valence-corrected chi connectivity index (χ3v) is 5.66. The number of carbonyl (C=O) groups is 1. The molecule has 102 valence electrons. The van der Waals surface area contributed by atoms with Crippen LogP contribution in [0.25, 0.3) is 0 Å². The van der Waals surface area contributed by atoms with Gasteiger partial charge in [-0.3, -0.25) is 4.79 Å². The lowest BCUT2D eigenvalue weighted by molar-refractivity contribution is 0.0948. The maximum Gasteiger partial charge on any atom is 0.251 e. The lowest BCUT2D eigenvalue weighted by atomic mass is 10.1. The fourth-order valence-electron chi connectivity index (χ4n) is 3.26. The number of fused-ring (bicyclic) bond motifs is 1. The van der Waals surface area contributed by atoms with Crippen LogP contribution in [0.1, 0.15) is 47.2 Å². The Labute approximate surface area is 123 Å². The Bertz CT molecular complexity index is 486. The highest BCUT2D eigenvalue weighted by atomic mass is 79.9. The lowest BCUT2D eigenvalue weighted by Crippen LogP contribution is -2.31. The second kappa shape index (κ2) is 5.66. The summed E-state index contributed by atoms with van der Waals surface area (Å²) in [6, 6.07) is 6.18. The lowest BCUT2D eigenvalue weighted by Gasteiger charge is -2.15. The Hall–Kier alpha value is -0.830. The van der Waals surface area contributed by atoms with Gasteiger partial charge in [0, 0.05) is 16.9 Å². The van der Waals surface area contributed by atoms with Crippen molar-refractivity contribution in [3.05, 3.63) is 34.9 Å². The summed E-state index contributed by atoms with van der Waals surface area (Å²) in [4.78, 5) is 12.8. The summed E-state index contributed by atoms with van der Waals surface area (Å²) < 4.78 is 0. The van der Waals surface area contributed by atoms with E-state index in [0.717, 1.165) is 18.5 Å². The monoisotopic (exact) mass is 321 g/mol. The molecule has 1 aromatic carbocycles. The number of hydrogen-bond acceptors (Lipinski definition) is 1. The minimum Gasteiger partial charge on any atom is -0.352 e. The minimum absolute atomic E-state index is 0.0845. The first kappa shape index (κ1) is 13.2. The van der Waals surface area contributed by atoms with E-state index < -0.39 is 0 Å². The predicted molar refractivity (Wildman–Crippen MR) is 80.9 cm³/mol. The van der Waals surface area contributed by atoms with Crippen molar-refractivity contribution in [1.82, 2.24) is 5.32 Å². The van der Waals surface area contributed by atoms with Crippen LogP contribution in [0.3, 0.4) is 0 Å². The first-order valence-electron chi connectivity index (χ1n) is 7.28. The smallest absolute Gasteiger partial charge is 0.251 e. The summed E-state index contributed by atoms with van der Waals surface area (Å²) in [5, 5.41) is 3.09. The molecule has 19 heavy (non-hydrogen) atoms. The summed E-state index contributed by atoms with van der Waals surface area (Å²) in [6.45, 7) is 0.797. The number of rotatable bonds is 3. The second-order valence-electron chi connectivity index (χ2n) is 5.75. The van der Waals surface area contributed by atoms with Gasteiger partial charge in [0.25, 0.3) is 5.91 Å². The molecule has 0 saturated heterocycles. The normalized spacial score (nSPS) is 25.3. The van der Waals surface area contributed by atoms with Gasteiger partial charge in [0.05, 0.1) is 0 Å². The maximum atomic E-state index is 12.2. The SMILES string of the molecule is O=C(NCC1CCCC1Br)c1ccc2c(c1)CCC2. The molecule has 2 aliphatic carbocycles. The first-order chi connectivity index (χ1) is 9.24. The van der Waals surface area contributed by atoms with Crippen molar-refractivity contribution < 1.29 is 4.79 Å². The van der Waals surface area contributed by atoms with Crippen LogP contribution >= 0.6 is 15.9 Å². The fourth-order valence-corrected chi connectivity index (χ4v) is 4.04. The molecule has 0 heterocycles. The highest BCUT2D eigenvalue weighted by Gasteiger charge is 2.25. The number of carbonyl (C=O) groups excluding carboxylic acids is 1. The summed E-state index contributed by atoms with van der Waals surface area (Å²) in [6.07, 6.45) is 7.26. The molecule has 2 atom stereocenters. The van der Waals surface area contributed by atoms with Crippen LogP contribution < -0.4 is 5.32 Å². The summed E-state index contributed by atoms with van der Waals surface area (Å²) in [7, 11) is 0. The molecule has 2 aliphatic rings. The quantitative estimate of drug-likeness (QED) is 0.848. The van der Waals surface area contributed by atoms with E-state index in [-0.39, 0.29) is 5.91 Å². The van der Waals surface area contributed by atoms with Crippen LogP contribution in [0.4, 0.5) is 0 Å². The Morgan fingerprint density at radius 3 is 2.84 bits per heavy atom. The molecular weight excluding hydrogens is 302 g/mol. The number of halogens is 1. The molecule has 1 N–H and O–H groups in total. The third-order valence-electron chi connectivity index (χ3n) is 4.45. The highest BCUT2D eigenvalue weighted by molar-refractivity contribution is 9.09. The molecule has 1 amide bonds. The Balaban J connectivity index is 1.61. The largest absolute Gasteiger partial charge is 0.352 e. The van der Waals surface area contributed by atoms with Crippen molar-refractivity contribution in [2.24, 2.45) is 5.92 Å². The average Bonchev–Trinajstić information content (AvgIpc) is 3.03. The van der Waals surface area contributed by atoms with Crippen LogP contribution in [0.5, 0.6) is 0 Å². The van der Waals surface area contributed by atoms with Gasteiger partial charge < -0.3 is 5.32 Å². The number of nitrogens with one attached hydrogen (secondary N) is 1. The van der Waals surface area contributed by atoms with Gasteiger partial charge in [-0.05, 0) is 61.3 Å². The highest BCUT2D eigenvalue weighted by Crippen LogP contribution is 2.31. The Morgan fingerprint density at radius 1 is 1.21 bits per heavy atom. The molecule has 2 nitrogen and oxygen atoms in total. The summed E-state index contributed by atoms with van der Waals surface area (Å²) in [5.41, 5.74) is 3.62. The number of amides is 1. The van der Waals surface area contributed by atoms with Crippen molar-refractivity contribution in [3.63, 3.8) is 0 Å². The Morgan fingerprint density at radius 2 is 2.05 bits per heavy atom. The van der Waals surface area contributed by atoms with E-state index in [1.165, 1.54) is 43.2 Å². The van der Waals surface area contributed by atoms with E-state index in [4.69, 9.17) is 0 Å². The zero-order valence-corrected chi connectivity index (χ0v) is 12.7. The van der Waals surface area contributed by atoms with Crippen molar-refractivity contribution in [3.8, 4) is 0 Å². The van der Waals surface area contributed by atoms with E-state index in [2.05, 4.69) is 33.4 Å². The Kier molecular flexibility index (Phi) is 3.92. The number of alkyl halides is 1. The van der Waals surface area contributed by atoms with Crippen LogP contribution in [0.2, 0.25) is 0 Å². The molecule has 0 radical (unpaired) electrons. The predicted octanol–water partition coefficient (Wildman–Crippen LogP) is 3.47. The van der Waals surface area contributed by atoms with E-state index in [1.807, 2.05) is 6.07 Å². The molecule has 0 aromatic heterocycles. The van der Waals surface area contributed by atoms with Crippen molar-refractivity contribution >= 4 is 21.8 Å². The topological polar surface area (TPSA) is 29.1 Å². The van der Waals surface area contributed by atoms with Crippen LogP contribution in [0.15, 0.2) is 18.2 Å². The average molecular weight is 322 g/mol. The molecule has 0 aliphatic heterocycles. The molecule has 3 heteroatoms. The van der Waals surface area contributed by atoms with Gasteiger partial charge in [0.2, 0.25) is 0 Å². The van der Waals surface area contributed by atoms with Crippen LogP contribution in [-0.2, 0) is 12.8 Å². The van der Waals surface area contributed by atoms with Crippen molar-refractivity contribution in [2.75, 3.05) is 6.54 Å². The van der Waals surface area contributed by atoms with E-state index >= 15 is 0 Å². The third kappa shape index (κ3) is 2.86. The molecular formula is C16H20BrNO. The first-order valence-corrected chi connectivity index (χ1v) is 8.19. The number of aryl methyl sites for hydroxylation is 2. The van der Waals surface area contributed by atoms with Gasteiger partial charge in [-0.25, -0.2) is 0 Å². The zero-order chi connectivity index (χ0) is 13.2. The molecule has 1 aromatic rings. The molecule has 1 fully saturated rings. The zero-order valence-electron chi connectivity index (χ0n) is 11.1. The molecule has 0 spiro atoms. The second-order valence-corrected chi connectivity index (χ2v) is 6.93. The van der Waals surface area contributed by atoms with E-state index in [1.54, 1.807) is 0 Å². The van der Waals surface area contributed by atoms with Crippen LogP contribution in [0, 0.1) is 5.92 Å². The van der Waals surface area contributed by atoms with E-state index in [9.17, 15) is 4.79 Å².